The molecule has 0 saturated heterocycles. The maximum atomic E-state index is 11.6. The second kappa shape index (κ2) is 5.91. The number of rotatable bonds is 5. The summed E-state index contributed by atoms with van der Waals surface area (Å²) in [4.78, 5) is 15.0. The summed E-state index contributed by atoms with van der Waals surface area (Å²) in [6.07, 6.45) is 2.64. The number of amides is 1. The molecule has 2 N–H and O–H groups in total. The minimum Gasteiger partial charge on any atom is -0.358 e. The van der Waals surface area contributed by atoms with Gasteiger partial charge in [-0.25, -0.2) is 0 Å². The lowest BCUT2D eigenvalue weighted by atomic mass is 10.1. The summed E-state index contributed by atoms with van der Waals surface area (Å²) >= 11 is 0. The van der Waals surface area contributed by atoms with E-state index in [1.807, 2.05) is 0 Å². The number of carbonyl (C=O) groups is 1. The molecule has 3 nitrogen and oxygen atoms in total. The molecule has 19 heavy (non-hydrogen) atoms. The van der Waals surface area contributed by atoms with E-state index in [0.29, 0.717) is 13.0 Å². The summed E-state index contributed by atoms with van der Waals surface area (Å²) in [6, 6.07) is 6.31. The van der Waals surface area contributed by atoms with E-state index in [0.717, 1.165) is 23.9 Å². The molecule has 0 atom stereocenters. The molecule has 0 spiro atoms. The minimum absolute atomic E-state index is 0.143. The van der Waals surface area contributed by atoms with Crippen molar-refractivity contribution in [2.75, 3.05) is 0 Å². The quantitative estimate of drug-likeness (QED) is 0.845. The van der Waals surface area contributed by atoms with Gasteiger partial charge >= 0.3 is 0 Å². The fourth-order valence-corrected chi connectivity index (χ4v) is 2.24. The molecule has 0 fully saturated rings. The van der Waals surface area contributed by atoms with Crippen molar-refractivity contribution in [3.8, 4) is 0 Å². The Kier molecular flexibility index (Phi) is 4.25. The van der Waals surface area contributed by atoms with E-state index in [1.54, 1.807) is 0 Å². The van der Waals surface area contributed by atoms with Gasteiger partial charge in [-0.2, -0.15) is 0 Å². The fraction of sp³-hybridized carbons (Fsp3) is 0.438. The molecule has 2 aromatic rings. The Hall–Kier alpha value is -1.77. The van der Waals surface area contributed by atoms with Crippen molar-refractivity contribution in [1.82, 2.24) is 10.3 Å². The van der Waals surface area contributed by atoms with Crippen LogP contribution in [0.25, 0.3) is 10.9 Å². The van der Waals surface area contributed by atoms with Gasteiger partial charge in [0.15, 0.2) is 0 Å². The molecule has 0 aliphatic carbocycles. The van der Waals surface area contributed by atoms with Crippen molar-refractivity contribution in [3.63, 3.8) is 0 Å². The summed E-state index contributed by atoms with van der Waals surface area (Å²) in [7, 11) is 0. The van der Waals surface area contributed by atoms with Gasteiger partial charge in [0.1, 0.15) is 0 Å². The molecular weight excluding hydrogens is 236 g/mol. The van der Waals surface area contributed by atoms with Gasteiger partial charge < -0.3 is 10.3 Å². The number of carbonyl (C=O) groups excluding carboxylic acids is 1. The number of hydrogen-bond donors (Lipinski definition) is 2. The van der Waals surface area contributed by atoms with E-state index in [4.69, 9.17) is 0 Å². The SMILES string of the molecule is CCCCC(=O)NCc1ccc2[nH]c(C)c(C)c2c1. The van der Waals surface area contributed by atoms with E-state index in [2.05, 4.69) is 49.3 Å². The van der Waals surface area contributed by atoms with Crippen LogP contribution >= 0.6 is 0 Å². The van der Waals surface area contributed by atoms with Crippen LogP contribution in [0.5, 0.6) is 0 Å². The van der Waals surface area contributed by atoms with Crippen LogP contribution in [0.1, 0.15) is 43.0 Å². The highest BCUT2D eigenvalue weighted by molar-refractivity contribution is 5.85. The molecule has 0 bridgehead atoms. The molecule has 1 aromatic carbocycles. The highest BCUT2D eigenvalue weighted by Crippen LogP contribution is 2.22. The van der Waals surface area contributed by atoms with E-state index < -0.39 is 0 Å². The molecular formula is C16H22N2O. The molecule has 2 rings (SSSR count). The summed E-state index contributed by atoms with van der Waals surface area (Å²) in [5.74, 6) is 0.143. The number of aryl methyl sites for hydroxylation is 2. The molecule has 0 aliphatic heterocycles. The second-order valence-corrected chi connectivity index (χ2v) is 5.14. The van der Waals surface area contributed by atoms with Gasteiger partial charge in [0.2, 0.25) is 5.91 Å². The molecule has 3 heteroatoms. The number of hydrogen-bond acceptors (Lipinski definition) is 1. The van der Waals surface area contributed by atoms with Gasteiger partial charge in [-0.05, 0) is 43.5 Å². The average Bonchev–Trinajstić information content (AvgIpc) is 2.69. The van der Waals surface area contributed by atoms with E-state index in [1.165, 1.54) is 16.6 Å². The Morgan fingerprint density at radius 2 is 2.11 bits per heavy atom. The maximum Gasteiger partial charge on any atom is 0.220 e. The Morgan fingerprint density at radius 1 is 1.32 bits per heavy atom. The first-order valence-electron chi connectivity index (χ1n) is 6.96. The van der Waals surface area contributed by atoms with Crippen LogP contribution < -0.4 is 5.32 Å². The van der Waals surface area contributed by atoms with E-state index >= 15 is 0 Å². The molecule has 0 saturated carbocycles. The number of unbranched alkanes of at least 4 members (excludes halogenated alkanes) is 1. The standard InChI is InChI=1S/C16H22N2O/c1-4-5-6-16(19)17-10-13-7-8-15-14(9-13)11(2)12(3)18-15/h7-9,18H,4-6,10H2,1-3H3,(H,17,19). The topological polar surface area (TPSA) is 44.9 Å². The van der Waals surface area contributed by atoms with Gasteiger partial charge in [0.25, 0.3) is 0 Å². The third-order valence-electron chi connectivity index (χ3n) is 3.62. The minimum atomic E-state index is 0.143. The van der Waals surface area contributed by atoms with Crippen LogP contribution in [0.4, 0.5) is 0 Å². The Bertz CT molecular complexity index is 584. The van der Waals surface area contributed by atoms with Crippen molar-refractivity contribution in [2.45, 2.75) is 46.6 Å². The monoisotopic (exact) mass is 258 g/mol. The van der Waals surface area contributed by atoms with Crippen LogP contribution in [0.2, 0.25) is 0 Å². The second-order valence-electron chi connectivity index (χ2n) is 5.14. The highest BCUT2D eigenvalue weighted by atomic mass is 16.1. The number of H-pyrrole nitrogens is 1. The number of aromatic amines is 1. The lowest BCUT2D eigenvalue weighted by Gasteiger charge is -2.05. The first-order chi connectivity index (χ1) is 9.11. The van der Waals surface area contributed by atoms with Crippen LogP contribution in [0, 0.1) is 13.8 Å². The lowest BCUT2D eigenvalue weighted by molar-refractivity contribution is -0.121. The van der Waals surface area contributed by atoms with Crippen LogP contribution in [-0.4, -0.2) is 10.9 Å². The smallest absolute Gasteiger partial charge is 0.220 e. The van der Waals surface area contributed by atoms with Crippen molar-refractivity contribution in [3.05, 3.63) is 35.0 Å². The van der Waals surface area contributed by atoms with Gasteiger partial charge in [-0.1, -0.05) is 19.4 Å². The zero-order valence-electron chi connectivity index (χ0n) is 12.0. The Labute approximate surface area is 114 Å². The summed E-state index contributed by atoms with van der Waals surface area (Å²) < 4.78 is 0. The molecule has 102 valence electrons. The summed E-state index contributed by atoms with van der Waals surface area (Å²) in [5.41, 5.74) is 4.81. The molecule has 1 aromatic heterocycles. The first kappa shape index (κ1) is 13.7. The van der Waals surface area contributed by atoms with Gasteiger partial charge in [-0.15, -0.1) is 0 Å². The van der Waals surface area contributed by atoms with Crippen molar-refractivity contribution in [1.29, 1.82) is 0 Å². The Morgan fingerprint density at radius 3 is 2.84 bits per heavy atom. The van der Waals surface area contributed by atoms with Gasteiger partial charge in [-0.3, -0.25) is 4.79 Å². The van der Waals surface area contributed by atoms with Crippen LogP contribution in [-0.2, 0) is 11.3 Å². The van der Waals surface area contributed by atoms with Gasteiger partial charge in [0.05, 0.1) is 0 Å². The molecule has 0 unspecified atom stereocenters. The zero-order valence-corrected chi connectivity index (χ0v) is 12.0. The average molecular weight is 258 g/mol. The predicted molar refractivity (Wildman–Crippen MR) is 79.1 cm³/mol. The van der Waals surface area contributed by atoms with Crippen LogP contribution in [0.15, 0.2) is 18.2 Å². The number of nitrogens with one attached hydrogen (secondary N) is 2. The Balaban J connectivity index is 2.05. The summed E-state index contributed by atoms with van der Waals surface area (Å²) in [5, 5.41) is 4.22. The number of fused-ring (bicyclic) bond motifs is 1. The lowest BCUT2D eigenvalue weighted by Crippen LogP contribution is -2.22. The maximum absolute atomic E-state index is 11.6. The largest absolute Gasteiger partial charge is 0.358 e. The van der Waals surface area contributed by atoms with Crippen molar-refractivity contribution >= 4 is 16.8 Å². The number of aromatic nitrogens is 1. The number of benzene rings is 1. The predicted octanol–water partition coefficient (Wildman–Crippen LogP) is 3.59. The third kappa shape index (κ3) is 3.16. The zero-order chi connectivity index (χ0) is 13.8. The fourth-order valence-electron chi connectivity index (χ4n) is 2.24. The van der Waals surface area contributed by atoms with E-state index in [-0.39, 0.29) is 5.91 Å². The van der Waals surface area contributed by atoms with Crippen molar-refractivity contribution in [2.24, 2.45) is 0 Å². The first-order valence-corrected chi connectivity index (χ1v) is 6.96. The third-order valence-corrected chi connectivity index (χ3v) is 3.62. The molecule has 0 aliphatic rings. The summed E-state index contributed by atoms with van der Waals surface area (Å²) in [6.45, 7) is 6.92. The van der Waals surface area contributed by atoms with Crippen molar-refractivity contribution < 1.29 is 4.79 Å². The van der Waals surface area contributed by atoms with Gasteiger partial charge in [0, 0.05) is 29.6 Å². The molecule has 0 radical (unpaired) electrons. The normalized spacial score (nSPS) is 10.9. The van der Waals surface area contributed by atoms with E-state index in [9.17, 15) is 4.79 Å². The van der Waals surface area contributed by atoms with Crippen LogP contribution in [0.3, 0.4) is 0 Å². The highest BCUT2D eigenvalue weighted by Gasteiger charge is 2.06. The molecule has 1 amide bonds. The molecule has 1 heterocycles.